The average molecular weight is 372 g/mol. The highest BCUT2D eigenvalue weighted by atomic mass is 16.5. The molecule has 0 aliphatic heterocycles. The summed E-state index contributed by atoms with van der Waals surface area (Å²) < 4.78 is 7.20. The lowest BCUT2D eigenvalue weighted by molar-refractivity contribution is 0.102. The summed E-state index contributed by atoms with van der Waals surface area (Å²) in [6, 6.07) is 16.5. The van der Waals surface area contributed by atoms with Gasteiger partial charge in [-0.05, 0) is 23.8 Å². The third-order valence-electron chi connectivity index (χ3n) is 3.89. The SMILES string of the molecule is O=C(Nc1ccc(-n2cncn2)nc1)c1ccnc(OCc2ccccc2)c1. The van der Waals surface area contributed by atoms with Crippen LogP contribution >= 0.6 is 0 Å². The number of carbonyl (C=O) groups excluding carboxylic acids is 1. The van der Waals surface area contributed by atoms with E-state index in [2.05, 4.69) is 25.4 Å². The number of benzene rings is 1. The fourth-order valence-electron chi connectivity index (χ4n) is 2.49. The summed E-state index contributed by atoms with van der Waals surface area (Å²) in [6.07, 6.45) is 6.08. The largest absolute Gasteiger partial charge is 0.473 e. The quantitative estimate of drug-likeness (QED) is 0.559. The molecule has 0 saturated heterocycles. The molecular formula is C20H16N6O2. The summed E-state index contributed by atoms with van der Waals surface area (Å²) in [5.74, 6) is 0.717. The fourth-order valence-corrected chi connectivity index (χ4v) is 2.49. The van der Waals surface area contributed by atoms with Crippen LogP contribution in [0.2, 0.25) is 0 Å². The smallest absolute Gasteiger partial charge is 0.255 e. The lowest BCUT2D eigenvalue weighted by atomic mass is 10.2. The predicted molar refractivity (Wildman–Crippen MR) is 102 cm³/mol. The molecule has 0 unspecified atom stereocenters. The molecule has 0 aliphatic carbocycles. The lowest BCUT2D eigenvalue weighted by Crippen LogP contribution is -2.13. The minimum Gasteiger partial charge on any atom is -0.473 e. The molecule has 0 aliphatic rings. The topological polar surface area (TPSA) is 94.8 Å². The van der Waals surface area contributed by atoms with Crippen LogP contribution in [0.3, 0.4) is 0 Å². The predicted octanol–water partition coefficient (Wildman–Crippen LogP) is 2.89. The van der Waals surface area contributed by atoms with E-state index in [1.807, 2.05) is 30.3 Å². The first-order valence-electron chi connectivity index (χ1n) is 8.53. The Morgan fingerprint density at radius 3 is 2.71 bits per heavy atom. The molecule has 0 spiro atoms. The monoisotopic (exact) mass is 372 g/mol. The van der Waals surface area contributed by atoms with Gasteiger partial charge in [0.05, 0.1) is 11.9 Å². The third kappa shape index (κ3) is 4.18. The molecule has 0 saturated carbocycles. The molecule has 1 amide bonds. The Balaban J connectivity index is 1.40. The van der Waals surface area contributed by atoms with Crippen molar-refractivity contribution in [1.29, 1.82) is 0 Å². The zero-order valence-corrected chi connectivity index (χ0v) is 14.8. The van der Waals surface area contributed by atoms with Crippen molar-refractivity contribution in [1.82, 2.24) is 24.7 Å². The first kappa shape index (κ1) is 17.3. The number of amides is 1. The Morgan fingerprint density at radius 2 is 1.96 bits per heavy atom. The van der Waals surface area contributed by atoms with E-state index < -0.39 is 0 Å². The summed E-state index contributed by atoms with van der Waals surface area (Å²) in [4.78, 5) is 24.8. The number of carbonyl (C=O) groups is 1. The van der Waals surface area contributed by atoms with Crippen molar-refractivity contribution in [3.8, 4) is 11.7 Å². The number of pyridine rings is 2. The van der Waals surface area contributed by atoms with Gasteiger partial charge in [0.2, 0.25) is 5.88 Å². The second-order valence-corrected chi connectivity index (χ2v) is 5.86. The first-order chi connectivity index (χ1) is 13.8. The van der Waals surface area contributed by atoms with Gasteiger partial charge in [0, 0.05) is 17.8 Å². The molecule has 28 heavy (non-hydrogen) atoms. The van der Waals surface area contributed by atoms with Gasteiger partial charge in [-0.3, -0.25) is 4.79 Å². The van der Waals surface area contributed by atoms with Crippen LogP contribution in [0.5, 0.6) is 5.88 Å². The van der Waals surface area contributed by atoms with E-state index in [1.165, 1.54) is 11.0 Å². The molecule has 3 aromatic heterocycles. The Hall–Kier alpha value is -4.07. The van der Waals surface area contributed by atoms with Gasteiger partial charge in [-0.2, -0.15) is 5.10 Å². The molecule has 0 fully saturated rings. The van der Waals surface area contributed by atoms with Gasteiger partial charge >= 0.3 is 0 Å². The molecule has 8 heteroatoms. The van der Waals surface area contributed by atoms with Gasteiger partial charge in [-0.25, -0.2) is 19.6 Å². The maximum atomic E-state index is 12.5. The van der Waals surface area contributed by atoms with E-state index in [1.54, 1.807) is 43.0 Å². The number of anilines is 1. The minimum atomic E-state index is -0.276. The lowest BCUT2D eigenvalue weighted by Gasteiger charge is -2.08. The van der Waals surface area contributed by atoms with Crippen LogP contribution in [0.15, 0.2) is 79.6 Å². The van der Waals surface area contributed by atoms with Crippen LogP contribution in [-0.4, -0.2) is 30.6 Å². The van der Waals surface area contributed by atoms with E-state index in [9.17, 15) is 4.79 Å². The average Bonchev–Trinajstić information content (AvgIpc) is 3.29. The standard InChI is InChI=1S/C20H16N6O2/c27-20(25-17-6-7-18(23-11-17)26-14-21-13-24-26)16-8-9-22-19(10-16)28-12-15-4-2-1-3-5-15/h1-11,13-14H,12H2,(H,25,27). The zero-order valence-electron chi connectivity index (χ0n) is 14.8. The molecule has 0 bridgehead atoms. The van der Waals surface area contributed by atoms with Crippen molar-refractivity contribution < 1.29 is 9.53 Å². The second kappa shape index (κ2) is 8.09. The van der Waals surface area contributed by atoms with Crippen molar-refractivity contribution in [3.63, 3.8) is 0 Å². The minimum absolute atomic E-state index is 0.276. The Morgan fingerprint density at radius 1 is 1.07 bits per heavy atom. The molecule has 3 heterocycles. The number of rotatable bonds is 6. The van der Waals surface area contributed by atoms with Crippen molar-refractivity contribution in [3.05, 3.63) is 90.8 Å². The van der Waals surface area contributed by atoms with E-state index in [4.69, 9.17) is 4.74 Å². The number of hydrogen-bond donors (Lipinski definition) is 1. The number of hydrogen-bond acceptors (Lipinski definition) is 6. The van der Waals surface area contributed by atoms with Gasteiger partial charge in [0.15, 0.2) is 5.82 Å². The molecule has 138 valence electrons. The molecule has 8 nitrogen and oxygen atoms in total. The van der Waals surface area contributed by atoms with Gasteiger partial charge in [0.25, 0.3) is 5.91 Å². The summed E-state index contributed by atoms with van der Waals surface area (Å²) in [5, 5.41) is 6.81. The molecule has 0 atom stereocenters. The van der Waals surface area contributed by atoms with Crippen molar-refractivity contribution in [2.24, 2.45) is 0 Å². The highest BCUT2D eigenvalue weighted by Crippen LogP contribution is 2.15. The maximum Gasteiger partial charge on any atom is 0.255 e. The molecule has 1 aromatic carbocycles. The molecule has 4 aromatic rings. The van der Waals surface area contributed by atoms with Gasteiger partial charge in [-0.15, -0.1) is 0 Å². The highest BCUT2D eigenvalue weighted by molar-refractivity contribution is 6.04. The van der Waals surface area contributed by atoms with Crippen molar-refractivity contribution in [2.45, 2.75) is 6.61 Å². The Bertz CT molecular complexity index is 1050. The highest BCUT2D eigenvalue weighted by Gasteiger charge is 2.09. The maximum absolute atomic E-state index is 12.5. The second-order valence-electron chi connectivity index (χ2n) is 5.86. The molecular weight excluding hydrogens is 356 g/mol. The van der Waals surface area contributed by atoms with Crippen molar-refractivity contribution in [2.75, 3.05) is 5.32 Å². The van der Waals surface area contributed by atoms with Crippen LogP contribution in [0.1, 0.15) is 15.9 Å². The van der Waals surface area contributed by atoms with E-state index >= 15 is 0 Å². The zero-order chi connectivity index (χ0) is 19.2. The summed E-state index contributed by atoms with van der Waals surface area (Å²) in [6.45, 7) is 0.382. The normalized spacial score (nSPS) is 10.4. The van der Waals surface area contributed by atoms with E-state index in [0.717, 1.165) is 5.56 Å². The van der Waals surface area contributed by atoms with Gasteiger partial charge in [0.1, 0.15) is 19.3 Å². The van der Waals surface area contributed by atoms with Gasteiger partial charge in [-0.1, -0.05) is 30.3 Å². The number of ether oxygens (including phenoxy) is 1. The van der Waals surface area contributed by atoms with Gasteiger partial charge < -0.3 is 10.1 Å². The molecule has 1 N–H and O–H groups in total. The summed E-state index contributed by atoms with van der Waals surface area (Å²) in [5.41, 5.74) is 2.04. The Kier molecular flexibility index (Phi) is 5.01. The Labute approximate surface area is 160 Å². The van der Waals surface area contributed by atoms with Crippen LogP contribution < -0.4 is 10.1 Å². The third-order valence-corrected chi connectivity index (χ3v) is 3.89. The first-order valence-corrected chi connectivity index (χ1v) is 8.53. The van der Waals surface area contributed by atoms with Crippen LogP contribution in [-0.2, 0) is 6.61 Å². The van der Waals surface area contributed by atoms with Crippen LogP contribution in [0.4, 0.5) is 5.69 Å². The fraction of sp³-hybridized carbons (Fsp3) is 0.0500. The summed E-state index contributed by atoms with van der Waals surface area (Å²) >= 11 is 0. The van der Waals surface area contributed by atoms with Crippen molar-refractivity contribution >= 4 is 11.6 Å². The molecule has 4 rings (SSSR count). The van der Waals surface area contributed by atoms with Crippen LogP contribution in [0, 0.1) is 0 Å². The number of aromatic nitrogens is 5. The van der Waals surface area contributed by atoms with E-state index in [-0.39, 0.29) is 5.91 Å². The van der Waals surface area contributed by atoms with E-state index in [0.29, 0.717) is 29.6 Å². The number of nitrogens with zero attached hydrogens (tertiary/aromatic N) is 5. The summed E-state index contributed by atoms with van der Waals surface area (Å²) in [7, 11) is 0. The molecule has 0 radical (unpaired) electrons. The number of nitrogens with one attached hydrogen (secondary N) is 1. The van der Waals surface area contributed by atoms with Crippen LogP contribution in [0.25, 0.3) is 5.82 Å².